The smallest absolute Gasteiger partial charge is 0.268 e. The normalized spacial score (nSPS) is 14.8. The van der Waals surface area contributed by atoms with Crippen LogP contribution in [0.3, 0.4) is 0 Å². The zero-order valence-corrected chi connectivity index (χ0v) is 21.5. The van der Waals surface area contributed by atoms with E-state index in [9.17, 15) is 9.90 Å². The van der Waals surface area contributed by atoms with Crippen LogP contribution >= 0.6 is 11.5 Å². The molecule has 0 unspecified atom stereocenters. The van der Waals surface area contributed by atoms with Gasteiger partial charge in [0.1, 0.15) is 5.75 Å². The Labute approximate surface area is 214 Å². The molecule has 0 spiro atoms. The number of phenolic OH excluding ortho intramolecular Hbond substituents is 1. The van der Waals surface area contributed by atoms with Gasteiger partial charge < -0.3 is 14.6 Å². The van der Waals surface area contributed by atoms with Gasteiger partial charge in [-0.2, -0.15) is 0 Å². The predicted molar refractivity (Wildman–Crippen MR) is 143 cm³/mol. The third kappa shape index (κ3) is 5.26. The van der Waals surface area contributed by atoms with Gasteiger partial charge in [-0.25, -0.2) is 0 Å². The van der Waals surface area contributed by atoms with Crippen molar-refractivity contribution in [3.63, 3.8) is 0 Å². The summed E-state index contributed by atoms with van der Waals surface area (Å²) in [5.74, 6) is 1.41. The molecule has 1 aromatic heterocycles. The molecule has 4 aromatic rings. The maximum atomic E-state index is 13.0. The van der Waals surface area contributed by atoms with Crippen molar-refractivity contribution in [3.05, 3.63) is 87.7 Å². The zero-order valence-electron chi connectivity index (χ0n) is 20.6. The number of methoxy groups -OCH3 is 2. The number of hydrogen-bond acceptors (Lipinski definition) is 7. The summed E-state index contributed by atoms with van der Waals surface area (Å²) in [7, 11) is 3.14. The molecule has 1 aliphatic rings. The molecule has 188 valence electrons. The van der Waals surface area contributed by atoms with Gasteiger partial charge in [0.25, 0.3) is 5.56 Å². The molecule has 0 atom stereocenters. The van der Waals surface area contributed by atoms with E-state index in [0.29, 0.717) is 30.0 Å². The van der Waals surface area contributed by atoms with Gasteiger partial charge in [-0.15, -0.1) is 0 Å². The van der Waals surface area contributed by atoms with Gasteiger partial charge in [0.05, 0.1) is 30.9 Å². The van der Waals surface area contributed by atoms with Crippen LogP contribution < -0.4 is 15.0 Å². The quantitative estimate of drug-likeness (QED) is 0.388. The van der Waals surface area contributed by atoms with Gasteiger partial charge in [0.2, 0.25) is 0 Å². The minimum absolute atomic E-state index is 0.0760. The second-order valence-corrected chi connectivity index (χ2v) is 10.2. The maximum Gasteiger partial charge on any atom is 0.268 e. The molecule has 0 bridgehead atoms. The lowest BCUT2D eigenvalue weighted by Crippen LogP contribution is -2.45. The molecule has 5 rings (SSSR count). The first-order valence-corrected chi connectivity index (χ1v) is 12.9. The number of ether oxygens (including phenoxy) is 2. The van der Waals surface area contributed by atoms with E-state index in [1.807, 2.05) is 18.2 Å². The van der Waals surface area contributed by atoms with Crippen LogP contribution in [0.2, 0.25) is 0 Å². The first kappa shape index (κ1) is 24.4. The SMILES string of the molecule is COc1cc2sn(Cc3ccc(CN4CCN(Cc5ccccc5)CC4)c(O)c3)c(=O)c2cc1OC. The van der Waals surface area contributed by atoms with E-state index in [2.05, 4.69) is 40.1 Å². The Morgan fingerprint density at radius 1 is 0.806 bits per heavy atom. The molecule has 36 heavy (non-hydrogen) atoms. The van der Waals surface area contributed by atoms with Gasteiger partial charge in [0, 0.05) is 50.9 Å². The van der Waals surface area contributed by atoms with Gasteiger partial charge in [0.15, 0.2) is 11.5 Å². The molecule has 1 aliphatic heterocycles. The molecular weight excluding hydrogens is 474 g/mol. The average molecular weight is 506 g/mol. The lowest BCUT2D eigenvalue weighted by molar-refractivity contribution is 0.121. The molecular formula is C28H31N3O4S. The number of hydrogen-bond donors (Lipinski definition) is 1. The molecule has 0 saturated carbocycles. The molecule has 3 aromatic carbocycles. The van der Waals surface area contributed by atoms with E-state index in [4.69, 9.17) is 9.47 Å². The van der Waals surface area contributed by atoms with Crippen LogP contribution in [0.4, 0.5) is 0 Å². The number of phenols is 1. The number of aromatic hydroxyl groups is 1. The summed E-state index contributed by atoms with van der Waals surface area (Å²) in [5, 5.41) is 11.3. The summed E-state index contributed by atoms with van der Waals surface area (Å²) in [6.07, 6.45) is 0. The van der Waals surface area contributed by atoms with E-state index >= 15 is 0 Å². The Kier molecular flexibility index (Phi) is 7.27. The fraction of sp³-hybridized carbons (Fsp3) is 0.321. The molecule has 8 heteroatoms. The van der Waals surface area contributed by atoms with Gasteiger partial charge in [-0.05, 0) is 23.3 Å². The van der Waals surface area contributed by atoms with E-state index in [1.54, 1.807) is 30.3 Å². The molecule has 0 amide bonds. The van der Waals surface area contributed by atoms with Crippen LogP contribution in [-0.2, 0) is 19.6 Å². The van der Waals surface area contributed by atoms with Crippen molar-refractivity contribution in [2.45, 2.75) is 19.6 Å². The Morgan fingerprint density at radius 3 is 2.14 bits per heavy atom. The summed E-state index contributed by atoms with van der Waals surface area (Å²) in [4.78, 5) is 17.8. The van der Waals surface area contributed by atoms with Gasteiger partial charge in [-0.3, -0.25) is 18.6 Å². The first-order valence-electron chi connectivity index (χ1n) is 12.1. The molecule has 1 fully saturated rings. The standard InChI is InChI=1S/C28H31N3O4S/c1-34-25-15-23-27(16-26(25)35-2)36-31(28(23)33)18-21-8-9-22(24(32)14-21)19-30-12-10-29(11-13-30)17-20-6-4-3-5-7-20/h3-9,14-16,32H,10-13,17-19H2,1-2H3. The summed E-state index contributed by atoms with van der Waals surface area (Å²) < 4.78 is 13.2. The largest absolute Gasteiger partial charge is 0.508 e. The molecule has 0 radical (unpaired) electrons. The topological polar surface area (TPSA) is 67.2 Å². The van der Waals surface area contributed by atoms with Crippen LogP contribution in [0, 0.1) is 0 Å². The second kappa shape index (κ2) is 10.7. The molecule has 1 N–H and O–H groups in total. The van der Waals surface area contributed by atoms with Crippen molar-refractivity contribution in [2.75, 3.05) is 40.4 Å². The van der Waals surface area contributed by atoms with E-state index in [-0.39, 0.29) is 11.3 Å². The Balaban J connectivity index is 1.22. The Morgan fingerprint density at radius 2 is 1.47 bits per heavy atom. The fourth-order valence-electron chi connectivity index (χ4n) is 4.70. The highest BCUT2D eigenvalue weighted by Crippen LogP contribution is 2.33. The molecule has 0 aliphatic carbocycles. The third-order valence-electron chi connectivity index (χ3n) is 6.73. The number of fused-ring (bicyclic) bond motifs is 1. The minimum Gasteiger partial charge on any atom is -0.508 e. The average Bonchev–Trinajstić information content (AvgIpc) is 3.20. The van der Waals surface area contributed by atoms with Crippen LogP contribution in [0.5, 0.6) is 17.2 Å². The highest BCUT2D eigenvalue weighted by Gasteiger charge is 2.19. The number of rotatable bonds is 8. The second-order valence-electron chi connectivity index (χ2n) is 9.14. The van der Waals surface area contributed by atoms with Gasteiger partial charge in [-0.1, -0.05) is 54.0 Å². The van der Waals surface area contributed by atoms with Crippen molar-refractivity contribution < 1.29 is 14.6 Å². The third-order valence-corrected chi connectivity index (χ3v) is 7.78. The summed E-state index contributed by atoms with van der Waals surface area (Å²) >= 11 is 1.38. The summed E-state index contributed by atoms with van der Waals surface area (Å²) in [6, 6.07) is 19.9. The lowest BCUT2D eigenvalue weighted by atomic mass is 10.1. The molecule has 2 heterocycles. The van der Waals surface area contributed by atoms with Crippen LogP contribution in [0.15, 0.2) is 65.5 Å². The zero-order chi connectivity index (χ0) is 25.1. The number of piperazine rings is 1. The van der Waals surface area contributed by atoms with E-state index < -0.39 is 0 Å². The Hall–Kier alpha value is -3.33. The highest BCUT2D eigenvalue weighted by molar-refractivity contribution is 7.13. The summed E-state index contributed by atoms with van der Waals surface area (Å²) in [5.41, 5.74) is 3.06. The molecule has 1 saturated heterocycles. The monoisotopic (exact) mass is 505 g/mol. The maximum absolute atomic E-state index is 13.0. The van der Waals surface area contributed by atoms with Crippen molar-refractivity contribution >= 4 is 21.6 Å². The lowest BCUT2D eigenvalue weighted by Gasteiger charge is -2.34. The number of benzene rings is 3. The minimum atomic E-state index is -0.0760. The van der Waals surface area contributed by atoms with Crippen LogP contribution in [0.1, 0.15) is 16.7 Å². The first-order chi connectivity index (χ1) is 17.5. The van der Waals surface area contributed by atoms with E-state index in [1.165, 1.54) is 17.1 Å². The van der Waals surface area contributed by atoms with Gasteiger partial charge >= 0.3 is 0 Å². The number of nitrogens with zero attached hydrogens (tertiary/aromatic N) is 3. The van der Waals surface area contributed by atoms with Crippen LogP contribution in [-0.4, -0.2) is 59.3 Å². The van der Waals surface area contributed by atoms with Crippen molar-refractivity contribution in [3.8, 4) is 17.2 Å². The summed E-state index contributed by atoms with van der Waals surface area (Å²) in [6.45, 7) is 6.06. The highest BCUT2D eigenvalue weighted by atomic mass is 32.1. The van der Waals surface area contributed by atoms with E-state index in [0.717, 1.165) is 48.6 Å². The predicted octanol–water partition coefficient (Wildman–Crippen LogP) is 4.15. The fourth-order valence-corrected chi connectivity index (χ4v) is 5.73. The van der Waals surface area contributed by atoms with Crippen molar-refractivity contribution in [1.29, 1.82) is 0 Å². The Bertz CT molecular complexity index is 1390. The molecule has 7 nitrogen and oxygen atoms in total. The van der Waals surface area contributed by atoms with Crippen molar-refractivity contribution in [1.82, 2.24) is 13.8 Å². The van der Waals surface area contributed by atoms with Crippen molar-refractivity contribution in [2.24, 2.45) is 0 Å². The number of aromatic nitrogens is 1. The van der Waals surface area contributed by atoms with Crippen LogP contribution in [0.25, 0.3) is 10.1 Å².